The number of nitrogens with one attached hydrogen (secondary N) is 2. The van der Waals surface area contributed by atoms with Gasteiger partial charge in [-0.25, -0.2) is 0 Å². The summed E-state index contributed by atoms with van der Waals surface area (Å²) in [5.74, 6) is 1.32. The van der Waals surface area contributed by atoms with Crippen LogP contribution >= 0.6 is 12.2 Å². The van der Waals surface area contributed by atoms with E-state index in [-0.39, 0.29) is 0 Å². The molecule has 0 radical (unpaired) electrons. The average Bonchev–Trinajstić information content (AvgIpc) is 3.31. The summed E-state index contributed by atoms with van der Waals surface area (Å²) >= 11 is 5.47. The molecule has 3 atom stereocenters. The highest BCUT2D eigenvalue weighted by atomic mass is 32.1. The number of aromatic nitrogens is 1. The first-order chi connectivity index (χ1) is 13.2. The highest BCUT2D eigenvalue weighted by Gasteiger charge is 2.35. The molecule has 0 saturated heterocycles. The lowest BCUT2D eigenvalue weighted by Gasteiger charge is -2.22. The molecule has 2 aliphatic carbocycles. The standard InChI is InChI=1S/C22H20N4S/c23-14-19(11-15-7-9-24-10-8-15)17-3-5-20(6-4-17)25-22(27)26-21-13-16-1-2-18(21)12-16/h1-11,16,18,21H,12-13H2,(H2,25,26,27)/b19-11+/t16-,18+,21-/m1/s1. The number of hydrogen-bond donors (Lipinski definition) is 2. The predicted molar refractivity (Wildman–Crippen MR) is 113 cm³/mol. The molecule has 2 bridgehead atoms. The van der Waals surface area contributed by atoms with Gasteiger partial charge in [0.05, 0.1) is 11.6 Å². The number of fused-ring (bicyclic) bond motifs is 2. The third-order valence-corrected chi connectivity index (χ3v) is 5.41. The van der Waals surface area contributed by atoms with Crippen molar-refractivity contribution in [2.45, 2.75) is 18.9 Å². The lowest BCUT2D eigenvalue weighted by Crippen LogP contribution is -2.40. The summed E-state index contributed by atoms with van der Waals surface area (Å²) in [7, 11) is 0. The number of anilines is 1. The first kappa shape index (κ1) is 17.4. The van der Waals surface area contributed by atoms with Crippen molar-refractivity contribution in [3.8, 4) is 6.07 Å². The van der Waals surface area contributed by atoms with Gasteiger partial charge in [-0.1, -0.05) is 24.3 Å². The van der Waals surface area contributed by atoms with Crippen LogP contribution < -0.4 is 10.6 Å². The second kappa shape index (κ2) is 7.73. The Morgan fingerprint density at radius 3 is 2.52 bits per heavy atom. The number of hydrogen-bond acceptors (Lipinski definition) is 3. The molecule has 0 spiro atoms. The van der Waals surface area contributed by atoms with E-state index in [9.17, 15) is 5.26 Å². The van der Waals surface area contributed by atoms with Gasteiger partial charge >= 0.3 is 0 Å². The van der Waals surface area contributed by atoms with Crippen molar-refractivity contribution in [2.75, 3.05) is 5.32 Å². The smallest absolute Gasteiger partial charge is 0.171 e. The van der Waals surface area contributed by atoms with Crippen LogP contribution in [0.5, 0.6) is 0 Å². The monoisotopic (exact) mass is 372 g/mol. The number of rotatable bonds is 4. The SMILES string of the molecule is N#C/C(=C\c1ccncc1)c1ccc(NC(=S)N[C@@H]2C[C@@H]3C=C[C@H]2C3)cc1. The van der Waals surface area contributed by atoms with Crippen molar-refractivity contribution in [2.24, 2.45) is 11.8 Å². The van der Waals surface area contributed by atoms with Gasteiger partial charge in [0.25, 0.3) is 0 Å². The van der Waals surface area contributed by atoms with Crippen molar-refractivity contribution in [1.82, 2.24) is 10.3 Å². The summed E-state index contributed by atoms with van der Waals surface area (Å²) < 4.78 is 0. The van der Waals surface area contributed by atoms with E-state index in [0.717, 1.165) is 23.2 Å². The van der Waals surface area contributed by atoms with E-state index in [0.29, 0.717) is 28.6 Å². The van der Waals surface area contributed by atoms with E-state index >= 15 is 0 Å². The molecule has 2 N–H and O–H groups in total. The molecule has 1 aromatic carbocycles. The Morgan fingerprint density at radius 2 is 1.89 bits per heavy atom. The number of benzene rings is 1. The number of nitriles is 1. The molecule has 1 fully saturated rings. The first-order valence-electron chi connectivity index (χ1n) is 9.09. The van der Waals surface area contributed by atoms with Gasteiger partial charge in [0.15, 0.2) is 5.11 Å². The maximum absolute atomic E-state index is 9.48. The van der Waals surface area contributed by atoms with Crippen LogP contribution in [0.1, 0.15) is 24.0 Å². The minimum Gasteiger partial charge on any atom is -0.359 e. The van der Waals surface area contributed by atoms with E-state index < -0.39 is 0 Å². The molecule has 2 aliphatic rings. The Hall–Kier alpha value is -2.97. The summed E-state index contributed by atoms with van der Waals surface area (Å²) in [5.41, 5.74) is 3.35. The van der Waals surface area contributed by atoms with Crippen molar-refractivity contribution in [3.63, 3.8) is 0 Å². The van der Waals surface area contributed by atoms with Crippen LogP contribution in [0.15, 0.2) is 60.9 Å². The van der Waals surface area contributed by atoms with E-state index in [4.69, 9.17) is 12.2 Å². The second-order valence-electron chi connectivity index (χ2n) is 7.01. The predicted octanol–water partition coefficient (Wildman–Crippen LogP) is 4.40. The Morgan fingerprint density at radius 1 is 1.11 bits per heavy atom. The number of nitrogens with zero attached hydrogens (tertiary/aromatic N) is 2. The fourth-order valence-electron chi connectivity index (χ4n) is 3.82. The molecule has 4 rings (SSSR count). The van der Waals surface area contributed by atoms with Crippen molar-refractivity contribution >= 4 is 34.7 Å². The molecule has 1 heterocycles. The van der Waals surface area contributed by atoms with Crippen molar-refractivity contribution < 1.29 is 0 Å². The van der Waals surface area contributed by atoms with E-state index in [1.807, 2.05) is 42.5 Å². The lowest BCUT2D eigenvalue weighted by atomic mass is 10.0. The van der Waals surface area contributed by atoms with Gasteiger partial charge in [0.2, 0.25) is 0 Å². The van der Waals surface area contributed by atoms with Crippen LogP contribution in [0.2, 0.25) is 0 Å². The van der Waals surface area contributed by atoms with Crippen molar-refractivity contribution in [1.29, 1.82) is 5.26 Å². The number of pyridine rings is 1. The van der Waals surface area contributed by atoms with E-state index in [1.54, 1.807) is 12.4 Å². The Balaban J connectivity index is 1.40. The van der Waals surface area contributed by atoms with Crippen LogP contribution in [0.3, 0.4) is 0 Å². The normalized spacial score (nSPS) is 23.1. The molecule has 27 heavy (non-hydrogen) atoms. The van der Waals surface area contributed by atoms with E-state index in [2.05, 4.69) is 33.8 Å². The molecular weight excluding hydrogens is 352 g/mol. The topological polar surface area (TPSA) is 60.7 Å². The second-order valence-corrected chi connectivity index (χ2v) is 7.42. The zero-order chi connectivity index (χ0) is 18.6. The molecule has 2 aromatic rings. The molecule has 1 aromatic heterocycles. The maximum atomic E-state index is 9.48. The van der Waals surface area contributed by atoms with Crippen LogP contribution in [0, 0.1) is 23.2 Å². The molecule has 0 amide bonds. The van der Waals surface area contributed by atoms with Crippen molar-refractivity contribution in [3.05, 3.63) is 72.1 Å². The van der Waals surface area contributed by atoms with Gasteiger partial charge < -0.3 is 10.6 Å². The summed E-state index contributed by atoms with van der Waals surface area (Å²) in [5, 5.41) is 16.8. The third-order valence-electron chi connectivity index (χ3n) is 5.19. The molecule has 4 nitrogen and oxygen atoms in total. The zero-order valence-corrected chi connectivity index (χ0v) is 15.6. The van der Waals surface area contributed by atoms with Crippen LogP contribution in [-0.2, 0) is 0 Å². The molecular formula is C22H20N4S. The molecule has 134 valence electrons. The Bertz CT molecular complexity index is 925. The zero-order valence-electron chi connectivity index (χ0n) is 14.8. The number of allylic oxidation sites excluding steroid dienone is 2. The third kappa shape index (κ3) is 4.07. The van der Waals surface area contributed by atoms with Crippen LogP contribution in [-0.4, -0.2) is 16.1 Å². The van der Waals surface area contributed by atoms with Crippen LogP contribution in [0.4, 0.5) is 5.69 Å². The molecule has 0 unspecified atom stereocenters. The first-order valence-corrected chi connectivity index (χ1v) is 9.50. The Kier molecular flexibility index (Phi) is 4.99. The molecule has 0 aliphatic heterocycles. The lowest BCUT2D eigenvalue weighted by molar-refractivity contribution is 0.526. The highest BCUT2D eigenvalue weighted by Crippen LogP contribution is 2.38. The van der Waals surface area contributed by atoms with Gasteiger partial charge in [-0.05, 0) is 78.4 Å². The highest BCUT2D eigenvalue weighted by molar-refractivity contribution is 7.80. The fourth-order valence-corrected chi connectivity index (χ4v) is 4.09. The minimum absolute atomic E-state index is 0.438. The van der Waals surface area contributed by atoms with Gasteiger partial charge in [0, 0.05) is 24.1 Å². The largest absolute Gasteiger partial charge is 0.359 e. The number of thiocarbonyl (C=S) groups is 1. The quantitative estimate of drug-likeness (QED) is 0.473. The summed E-state index contributed by atoms with van der Waals surface area (Å²) in [6.45, 7) is 0. The molecule has 1 saturated carbocycles. The van der Waals surface area contributed by atoms with Gasteiger partial charge in [-0.2, -0.15) is 5.26 Å². The van der Waals surface area contributed by atoms with E-state index in [1.165, 1.54) is 6.42 Å². The van der Waals surface area contributed by atoms with Gasteiger partial charge in [0.1, 0.15) is 0 Å². The maximum Gasteiger partial charge on any atom is 0.171 e. The van der Waals surface area contributed by atoms with Gasteiger partial charge in [-0.15, -0.1) is 0 Å². The minimum atomic E-state index is 0.438. The summed E-state index contributed by atoms with van der Waals surface area (Å²) in [6.07, 6.45) is 12.3. The average molecular weight is 372 g/mol. The summed E-state index contributed by atoms with van der Waals surface area (Å²) in [4.78, 5) is 4.00. The van der Waals surface area contributed by atoms with Gasteiger partial charge in [-0.3, -0.25) is 4.98 Å². The van der Waals surface area contributed by atoms with Crippen LogP contribution in [0.25, 0.3) is 11.6 Å². The molecule has 5 heteroatoms. The summed E-state index contributed by atoms with van der Waals surface area (Å²) in [6, 6.07) is 14.2. The fraction of sp³-hybridized carbons (Fsp3) is 0.227. The Labute approximate surface area is 164 Å².